The van der Waals surface area contributed by atoms with Crippen molar-refractivity contribution in [1.29, 1.82) is 0 Å². The number of methoxy groups -OCH3 is 1. The van der Waals surface area contributed by atoms with Gasteiger partial charge in [0.05, 0.1) is 7.11 Å². The third-order valence-electron chi connectivity index (χ3n) is 5.94. The van der Waals surface area contributed by atoms with Crippen LogP contribution in [-0.2, 0) is 16.8 Å². The van der Waals surface area contributed by atoms with Crippen molar-refractivity contribution in [3.63, 3.8) is 0 Å². The molecule has 0 bridgehead atoms. The second kappa shape index (κ2) is 11.3. The first-order valence-electron chi connectivity index (χ1n) is 11.8. The summed E-state index contributed by atoms with van der Waals surface area (Å²) < 4.78 is 9.07. The minimum absolute atomic E-state index is 0.0648. The van der Waals surface area contributed by atoms with E-state index in [2.05, 4.69) is 40.7 Å². The van der Waals surface area contributed by atoms with Gasteiger partial charge in [-0.05, 0) is 58.4 Å². The average Bonchev–Trinajstić information content (AvgIpc) is 3.46. The summed E-state index contributed by atoms with van der Waals surface area (Å²) in [4.78, 5) is 33.2. The molecule has 4 aromatic rings. The third kappa shape index (κ3) is 6.18. The fourth-order valence-corrected chi connectivity index (χ4v) is 4.30. The molecule has 9 heteroatoms. The maximum absolute atomic E-state index is 13.8. The molecule has 37 heavy (non-hydrogen) atoms. The Kier molecular flexibility index (Phi) is 7.93. The predicted molar refractivity (Wildman–Crippen MR) is 144 cm³/mol. The largest absolute Gasteiger partial charge is 0.497 e. The predicted octanol–water partition coefficient (Wildman–Crippen LogP) is 4.94. The molecule has 0 spiro atoms. The molecule has 2 aromatic heterocycles. The van der Waals surface area contributed by atoms with Crippen molar-refractivity contribution in [1.82, 2.24) is 19.9 Å². The Labute approximate surface area is 220 Å². The number of anilines is 1. The van der Waals surface area contributed by atoms with Gasteiger partial charge in [-0.1, -0.05) is 55.6 Å². The number of aromatic nitrogens is 3. The first kappa shape index (κ1) is 26.0. The highest BCUT2D eigenvalue weighted by molar-refractivity contribution is 7.03. The molecular formula is C28H29N5O3S. The molecule has 190 valence electrons. The monoisotopic (exact) mass is 515 g/mol. The van der Waals surface area contributed by atoms with Crippen molar-refractivity contribution in [2.75, 3.05) is 12.0 Å². The van der Waals surface area contributed by atoms with Crippen LogP contribution >= 0.6 is 11.5 Å². The van der Waals surface area contributed by atoms with Gasteiger partial charge in [0.25, 0.3) is 5.91 Å². The quantitative estimate of drug-likeness (QED) is 0.357. The van der Waals surface area contributed by atoms with Crippen molar-refractivity contribution in [3.05, 3.63) is 101 Å². The molecule has 0 unspecified atom stereocenters. The molecule has 0 aliphatic heterocycles. The van der Waals surface area contributed by atoms with Crippen molar-refractivity contribution in [3.8, 4) is 5.75 Å². The van der Waals surface area contributed by atoms with E-state index in [0.717, 1.165) is 28.4 Å². The lowest BCUT2D eigenvalue weighted by atomic mass is 9.87. The molecule has 2 amide bonds. The maximum Gasteiger partial charge on any atom is 0.280 e. The first-order chi connectivity index (χ1) is 17.8. The molecule has 0 saturated carbocycles. The van der Waals surface area contributed by atoms with Gasteiger partial charge in [-0.3, -0.25) is 19.5 Å². The minimum atomic E-state index is -0.985. The molecule has 4 rings (SSSR count). The molecule has 0 fully saturated rings. The number of rotatable bonds is 8. The van der Waals surface area contributed by atoms with Gasteiger partial charge < -0.3 is 10.1 Å². The number of ether oxygens (including phenoxy) is 1. The van der Waals surface area contributed by atoms with Gasteiger partial charge in [0, 0.05) is 35.6 Å². The lowest BCUT2D eigenvalue weighted by Gasteiger charge is -2.31. The molecule has 2 aromatic carbocycles. The SMILES string of the molecule is COc1ccc(CNC(=O)[C@@H](c2cccnc2)N(C(=O)c2csnn2)c2ccc(C(C)(C)C)cc2)cc1. The average molecular weight is 516 g/mol. The maximum atomic E-state index is 13.8. The van der Waals surface area contributed by atoms with Gasteiger partial charge in [0.1, 0.15) is 11.8 Å². The van der Waals surface area contributed by atoms with Gasteiger partial charge in [-0.25, -0.2) is 0 Å². The Bertz CT molecular complexity index is 1320. The summed E-state index contributed by atoms with van der Waals surface area (Å²) in [7, 11) is 1.60. The fraction of sp³-hybridized carbons (Fsp3) is 0.250. The van der Waals surface area contributed by atoms with Gasteiger partial charge in [-0.2, -0.15) is 0 Å². The van der Waals surface area contributed by atoms with E-state index in [0.29, 0.717) is 11.3 Å². The summed E-state index contributed by atoms with van der Waals surface area (Å²) >= 11 is 1.08. The number of pyridine rings is 1. The van der Waals surface area contributed by atoms with Gasteiger partial charge >= 0.3 is 0 Å². The van der Waals surface area contributed by atoms with Crippen molar-refractivity contribution < 1.29 is 14.3 Å². The second-order valence-corrected chi connectivity index (χ2v) is 10.1. The van der Waals surface area contributed by atoms with E-state index in [9.17, 15) is 9.59 Å². The highest BCUT2D eigenvalue weighted by Gasteiger charge is 2.34. The standard InChI is InChI=1S/C28H29N5O3S/c1-28(2,3)21-9-11-22(12-10-21)33(27(35)24-18-37-32-31-24)25(20-6-5-15-29-17-20)26(34)30-16-19-7-13-23(36-4)14-8-19/h5-15,17-18,25H,16H2,1-4H3,(H,30,34)/t25-/m1/s1. The number of hydrogen-bond donors (Lipinski definition) is 1. The van der Waals surface area contributed by atoms with E-state index in [-0.39, 0.29) is 23.6 Å². The van der Waals surface area contributed by atoms with E-state index in [1.165, 1.54) is 4.90 Å². The number of benzene rings is 2. The van der Waals surface area contributed by atoms with Crippen LogP contribution in [0.15, 0.2) is 78.4 Å². The van der Waals surface area contributed by atoms with Gasteiger partial charge in [0.15, 0.2) is 5.69 Å². The molecule has 1 atom stereocenters. The Hall–Kier alpha value is -4.11. The molecule has 8 nitrogen and oxygen atoms in total. The Morgan fingerprint density at radius 3 is 2.35 bits per heavy atom. The molecule has 0 aliphatic rings. The normalized spacial score (nSPS) is 12.0. The zero-order chi connectivity index (χ0) is 26.4. The molecule has 2 heterocycles. The first-order valence-corrected chi connectivity index (χ1v) is 12.6. The summed E-state index contributed by atoms with van der Waals surface area (Å²) in [6.07, 6.45) is 3.23. The summed E-state index contributed by atoms with van der Waals surface area (Å²) in [6, 6.07) is 17.7. The number of hydrogen-bond acceptors (Lipinski definition) is 7. The van der Waals surface area contributed by atoms with Crippen LogP contribution in [0.3, 0.4) is 0 Å². The van der Waals surface area contributed by atoms with E-state index in [1.54, 1.807) is 37.0 Å². The molecule has 0 saturated heterocycles. The van der Waals surface area contributed by atoms with E-state index in [1.807, 2.05) is 48.5 Å². The highest BCUT2D eigenvalue weighted by atomic mass is 32.1. The lowest BCUT2D eigenvalue weighted by molar-refractivity contribution is -0.122. The third-order valence-corrected chi connectivity index (χ3v) is 6.45. The van der Waals surface area contributed by atoms with Crippen LogP contribution in [-0.4, -0.2) is 33.5 Å². The van der Waals surface area contributed by atoms with Crippen LogP contribution in [0.5, 0.6) is 5.75 Å². The van der Waals surface area contributed by atoms with Crippen molar-refractivity contribution >= 4 is 29.0 Å². The Morgan fingerprint density at radius 1 is 1.05 bits per heavy atom. The minimum Gasteiger partial charge on any atom is -0.497 e. The van der Waals surface area contributed by atoms with Crippen LogP contribution in [0.4, 0.5) is 5.69 Å². The fourth-order valence-electron chi connectivity index (χ4n) is 3.87. The zero-order valence-corrected chi connectivity index (χ0v) is 22.0. The van der Waals surface area contributed by atoms with Crippen LogP contribution in [0.1, 0.15) is 54.0 Å². The van der Waals surface area contributed by atoms with Gasteiger partial charge in [0.2, 0.25) is 5.91 Å². The highest BCUT2D eigenvalue weighted by Crippen LogP contribution is 2.32. The lowest BCUT2D eigenvalue weighted by Crippen LogP contribution is -2.44. The number of amides is 2. The molecule has 0 radical (unpaired) electrons. The number of nitrogens with zero attached hydrogens (tertiary/aromatic N) is 4. The zero-order valence-electron chi connectivity index (χ0n) is 21.2. The topological polar surface area (TPSA) is 97.3 Å². The summed E-state index contributed by atoms with van der Waals surface area (Å²) in [5, 5.41) is 8.55. The molecular weight excluding hydrogens is 486 g/mol. The van der Waals surface area contributed by atoms with Crippen LogP contribution in [0.2, 0.25) is 0 Å². The molecule has 0 aliphatic carbocycles. The van der Waals surface area contributed by atoms with E-state index in [4.69, 9.17) is 4.74 Å². The Morgan fingerprint density at radius 2 is 1.78 bits per heavy atom. The van der Waals surface area contributed by atoms with Crippen molar-refractivity contribution in [2.45, 2.75) is 38.8 Å². The summed E-state index contributed by atoms with van der Waals surface area (Å²) in [5.74, 6) is -0.0402. The van der Waals surface area contributed by atoms with Crippen LogP contribution in [0, 0.1) is 0 Å². The second-order valence-electron chi connectivity index (χ2n) is 9.52. The number of nitrogens with one attached hydrogen (secondary N) is 1. The summed E-state index contributed by atoms with van der Waals surface area (Å²) in [5.41, 5.74) is 3.26. The van der Waals surface area contributed by atoms with Crippen molar-refractivity contribution in [2.24, 2.45) is 0 Å². The smallest absolute Gasteiger partial charge is 0.280 e. The van der Waals surface area contributed by atoms with E-state index >= 15 is 0 Å². The molecule has 1 N–H and O–H groups in total. The van der Waals surface area contributed by atoms with Crippen LogP contribution in [0.25, 0.3) is 0 Å². The van der Waals surface area contributed by atoms with Crippen LogP contribution < -0.4 is 15.0 Å². The number of carbonyl (C=O) groups excluding carboxylic acids is 2. The number of carbonyl (C=O) groups is 2. The summed E-state index contributed by atoms with van der Waals surface area (Å²) in [6.45, 7) is 6.65. The Balaban J connectivity index is 1.73. The van der Waals surface area contributed by atoms with Gasteiger partial charge in [-0.15, -0.1) is 5.10 Å². The van der Waals surface area contributed by atoms with E-state index < -0.39 is 11.9 Å².